The highest BCUT2D eigenvalue weighted by molar-refractivity contribution is 7.92. The molecule has 49 heavy (non-hydrogen) atoms. The Hall–Kier alpha value is -3.13. The number of fused-ring (bicyclic) bond motifs is 1. The first-order chi connectivity index (χ1) is 23.4. The van der Waals surface area contributed by atoms with Crippen LogP contribution in [0.3, 0.4) is 0 Å². The topological polar surface area (TPSA) is 154 Å². The fourth-order valence-corrected chi connectivity index (χ4v) is 9.51. The maximum absolute atomic E-state index is 13.9. The van der Waals surface area contributed by atoms with Crippen LogP contribution in [0.15, 0.2) is 60.9 Å². The molecule has 1 unspecified atom stereocenters. The van der Waals surface area contributed by atoms with E-state index in [0.717, 1.165) is 53.3 Å². The number of carbonyl (C=O) groups is 1. The van der Waals surface area contributed by atoms with Crippen molar-refractivity contribution in [3.63, 3.8) is 0 Å². The van der Waals surface area contributed by atoms with Crippen LogP contribution in [0, 0.1) is 0 Å². The van der Waals surface area contributed by atoms with Gasteiger partial charge in [-0.3, -0.25) is 9.48 Å². The molecule has 3 N–H and O–H groups in total. The summed E-state index contributed by atoms with van der Waals surface area (Å²) in [6, 6.07) is 15.7. The third kappa shape index (κ3) is 11.2. The van der Waals surface area contributed by atoms with E-state index in [1.165, 1.54) is 56.3 Å². The molecule has 13 heteroatoms. The third-order valence-corrected chi connectivity index (χ3v) is 12.9. The number of benzene rings is 2. The molecular weight excluding hydrogens is 679 g/mol. The predicted octanol–water partition coefficient (Wildman–Crippen LogP) is 6.94. The molecule has 0 aliphatic rings. The molecule has 4 aromatic rings. The Bertz CT molecular complexity index is 1860. The van der Waals surface area contributed by atoms with E-state index in [0.29, 0.717) is 18.5 Å². The molecule has 0 bridgehead atoms. The summed E-state index contributed by atoms with van der Waals surface area (Å²) in [7, 11) is -7.91. The fourth-order valence-electron chi connectivity index (χ4n) is 6.14. The van der Waals surface area contributed by atoms with Gasteiger partial charge in [-0.1, -0.05) is 120 Å². The van der Waals surface area contributed by atoms with Gasteiger partial charge in [0, 0.05) is 24.6 Å². The minimum Gasteiger partial charge on any atom is -0.353 e. The lowest BCUT2D eigenvalue weighted by atomic mass is 9.98. The molecule has 0 fully saturated rings. The number of sulfonamides is 1. The van der Waals surface area contributed by atoms with Gasteiger partial charge in [-0.2, -0.15) is 5.10 Å². The van der Waals surface area contributed by atoms with Crippen molar-refractivity contribution in [1.82, 2.24) is 20.1 Å². The molecule has 0 saturated carbocycles. The Morgan fingerprint density at radius 2 is 1.51 bits per heavy atom. The lowest BCUT2D eigenvalue weighted by Gasteiger charge is -2.29. The van der Waals surface area contributed by atoms with Crippen LogP contribution in [0.25, 0.3) is 21.3 Å². The maximum Gasteiger partial charge on any atom is 0.248 e. The number of amides is 1. The minimum atomic E-state index is -4.05. The number of nitrogens with one attached hydrogen (secondary N) is 1. The lowest BCUT2D eigenvalue weighted by Crippen LogP contribution is -2.50. The Morgan fingerprint density at radius 3 is 2.12 bits per heavy atom. The monoisotopic (exact) mass is 729 g/mol. The van der Waals surface area contributed by atoms with Gasteiger partial charge < -0.3 is 5.32 Å². The number of carbonyl (C=O) groups excluding carboxylic acids is 1. The quantitative estimate of drug-likeness (QED) is 0.0831. The summed E-state index contributed by atoms with van der Waals surface area (Å²) in [5.41, 5.74) is 3.51. The summed E-state index contributed by atoms with van der Waals surface area (Å²) in [6.45, 7) is 2.56. The number of sulfone groups is 1. The molecule has 1 atom stereocenters. The van der Waals surface area contributed by atoms with Crippen molar-refractivity contribution >= 4 is 47.3 Å². The number of hydrogen-bond acceptors (Lipinski definition) is 8. The van der Waals surface area contributed by atoms with Crippen molar-refractivity contribution in [3.8, 4) is 11.1 Å². The number of hydrogen-bond donors (Lipinski definition) is 2. The zero-order chi connectivity index (χ0) is 35.3. The average Bonchev–Trinajstić information content (AvgIpc) is 3.69. The van der Waals surface area contributed by atoms with E-state index >= 15 is 0 Å². The SMILES string of the molecule is CCCCCCCCCCCCCCC(C(=O)NCCS(N)(=O)=O)(c1nc2ccc(-c3cnn(Cc4ccccc4)c3)cc2s1)S(C)(=O)=O. The van der Waals surface area contributed by atoms with E-state index in [9.17, 15) is 21.6 Å². The van der Waals surface area contributed by atoms with Crippen molar-refractivity contribution in [3.05, 3.63) is 71.5 Å². The van der Waals surface area contributed by atoms with Gasteiger partial charge in [0.25, 0.3) is 0 Å². The normalized spacial score (nSPS) is 13.4. The van der Waals surface area contributed by atoms with Crippen molar-refractivity contribution in [2.24, 2.45) is 5.14 Å². The molecule has 0 spiro atoms. The number of thiazole rings is 1. The summed E-state index contributed by atoms with van der Waals surface area (Å²) in [4.78, 5) is 18.6. The molecule has 2 aromatic heterocycles. The van der Waals surface area contributed by atoms with Crippen molar-refractivity contribution < 1.29 is 21.6 Å². The molecule has 0 aliphatic carbocycles. The molecule has 10 nitrogen and oxygen atoms in total. The highest BCUT2D eigenvalue weighted by Gasteiger charge is 2.51. The van der Waals surface area contributed by atoms with Crippen LogP contribution >= 0.6 is 11.3 Å². The smallest absolute Gasteiger partial charge is 0.248 e. The first-order valence-electron chi connectivity index (χ1n) is 17.4. The van der Waals surface area contributed by atoms with Crippen molar-refractivity contribution in [2.45, 2.75) is 102 Å². The van der Waals surface area contributed by atoms with Gasteiger partial charge in [-0.15, -0.1) is 11.3 Å². The standard InChI is InChI=1S/C36H51N5O5S3/c1-3-4-5-6-7-8-9-10-11-12-13-17-22-36(48(2,43)44,34(42)38-23-24-49(37,45)46)35-40-32-21-20-30(25-33(32)47-35)31-26-39-41(28-31)27-29-18-15-14-16-19-29/h14-16,18-21,25-26,28H,3-13,17,22-24,27H2,1-2H3,(H,38,42)(H2,37,45,46). The van der Waals surface area contributed by atoms with E-state index in [-0.39, 0.29) is 18.0 Å². The zero-order valence-corrected chi connectivity index (χ0v) is 31.2. The second-order valence-corrected chi connectivity index (χ2v) is 18.0. The van der Waals surface area contributed by atoms with Gasteiger partial charge >= 0.3 is 0 Å². The number of aromatic nitrogens is 3. The van der Waals surface area contributed by atoms with Crippen LogP contribution < -0.4 is 10.5 Å². The van der Waals surface area contributed by atoms with Crippen molar-refractivity contribution in [2.75, 3.05) is 18.6 Å². The average molecular weight is 730 g/mol. The van der Waals surface area contributed by atoms with Crippen LogP contribution in [0.4, 0.5) is 0 Å². The van der Waals surface area contributed by atoms with Crippen molar-refractivity contribution in [1.29, 1.82) is 0 Å². The Labute approximate surface area is 295 Å². The van der Waals surface area contributed by atoms with Gasteiger partial charge in [-0.25, -0.2) is 27.0 Å². The second-order valence-electron chi connectivity index (χ2n) is 13.0. The molecule has 0 aliphatic heterocycles. The summed E-state index contributed by atoms with van der Waals surface area (Å²) < 4.78 is 51.1. The van der Waals surface area contributed by atoms with Crippen LogP contribution in [0.5, 0.6) is 0 Å². The van der Waals surface area contributed by atoms with Gasteiger partial charge in [0.2, 0.25) is 20.7 Å². The minimum absolute atomic E-state index is 0.0450. The van der Waals surface area contributed by atoms with Gasteiger partial charge in [0.05, 0.1) is 28.7 Å². The van der Waals surface area contributed by atoms with Crippen LogP contribution in [0.2, 0.25) is 0 Å². The number of nitrogens with zero attached hydrogens (tertiary/aromatic N) is 3. The predicted molar refractivity (Wildman–Crippen MR) is 200 cm³/mol. The molecule has 268 valence electrons. The highest BCUT2D eigenvalue weighted by atomic mass is 32.2. The molecule has 1 amide bonds. The number of unbranched alkanes of at least 4 members (excludes halogenated alkanes) is 11. The summed E-state index contributed by atoms with van der Waals surface area (Å²) in [6.07, 6.45) is 18.2. The molecule has 0 radical (unpaired) electrons. The summed E-state index contributed by atoms with van der Waals surface area (Å²) in [5.74, 6) is -1.28. The van der Waals surface area contributed by atoms with E-state index < -0.39 is 36.3 Å². The number of nitrogens with two attached hydrogens (primary N) is 1. The van der Waals surface area contributed by atoms with Crippen LogP contribution in [0.1, 0.15) is 101 Å². The number of primary sulfonamides is 1. The molecule has 2 heterocycles. The van der Waals surface area contributed by atoms with Gasteiger partial charge in [-0.05, 0) is 29.7 Å². The maximum atomic E-state index is 13.9. The van der Waals surface area contributed by atoms with E-state index in [1.54, 1.807) is 6.20 Å². The number of rotatable bonds is 22. The summed E-state index contributed by atoms with van der Waals surface area (Å²) >= 11 is 1.18. The molecular formula is C36H51N5O5S3. The molecule has 2 aromatic carbocycles. The fraction of sp³-hybridized carbons (Fsp3) is 0.528. The Balaban J connectivity index is 1.51. The zero-order valence-electron chi connectivity index (χ0n) is 28.8. The second kappa shape index (κ2) is 18.2. The van der Waals surface area contributed by atoms with Gasteiger partial charge in [0.1, 0.15) is 5.01 Å². The largest absolute Gasteiger partial charge is 0.353 e. The first kappa shape index (κ1) is 38.7. The first-order valence-corrected chi connectivity index (χ1v) is 21.8. The van der Waals surface area contributed by atoms with Crippen LogP contribution in [-0.2, 0) is 35.9 Å². The van der Waals surface area contributed by atoms with E-state index in [4.69, 9.17) is 10.1 Å². The molecule has 4 rings (SSSR count). The third-order valence-electron chi connectivity index (χ3n) is 8.94. The lowest BCUT2D eigenvalue weighted by molar-refractivity contribution is -0.124. The Kier molecular flexibility index (Phi) is 14.4. The van der Waals surface area contributed by atoms with E-state index in [1.807, 2.05) is 59.4 Å². The Morgan fingerprint density at radius 1 is 0.878 bits per heavy atom. The summed E-state index contributed by atoms with van der Waals surface area (Å²) in [5, 5.41) is 12.4. The van der Waals surface area contributed by atoms with Gasteiger partial charge in [0.15, 0.2) is 9.84 Å². The highest BCUT2D eigenvalue weighted by Crippen LogP contribution is 2.41. The van der Waals surface area contributed by atoms with E-state index in [2.05, 4.69) is 17.3 Å². The van der Waals surface area contributed by atoms with Crippen LogP contribution in [-0.4, -0.2) is 56.1 Å². The molecule has 0 saturated heterocycles.